The van der Waals surface area contributed by atoms with Gasteiger partial charge < -0.3 is 9.28 Å². The van der Waals surface area contributed by atoms with Crippen molar-refractivity contribution in [1.29, 1.82) is 0 Å². The molecule has 0 spiro atoms. The zero-order chi connectivity index (χ0) is 17.8. The van der Waals surface area contributed by atoms with Crippen LogP contribution in [0.2, 0.25) is 0 Å². The summed E-state index contributed by atoms with van der Waals surface area (Å²) in [6.07, 6.45) is 20.4. The van der Waals surface area contributed by atoms with Crippen LogP contribution in [0.3, 0.4) is 0 Å². The van der Waals surface area contributed by atoms with E-state index < -0.39 is 0 Å². The van der Waals surface area contributed by atoms with Crippen molar-refractivity contribution in [2.45, 2.75) is 104 Å². The standard InChI is InChI=1S/C20H44N.CH2O/c1-5-7-8-9-10-11-12-13-14-15-16-17-18-19-20-21(3,4)6-2;1-2/h5-20H2,1-4H3;1H2/q+1;. The average Bonchev–Trinajstić information content (AvgIpc) is 2.57. The fraction of sp³-hybridized carbons (Fsp3) is 0.952. The van der Waals surface area contributed by atoms with E-state index in [2.05, 4.69) is 27.9 Å². The molecule has 0 rings (SSSR count). The van der Waals surface area contributed by atoms with E-state index in [1.54, 1.807) is 0 Å². The highest BCUT2D eigenvalue weighted by Gasteiger charge is 2.09. The largest absolute Gasteiger partial charge is 0.329 e. The highest BCUT2D eigenvalue weighted by atomic mass is 16.1. The van der Waals surface area contributed by atoms with E-state index in [1.807, 2.05) is 6.79 Å². The van der Waals surface area contributed by atoms with Crippen LogP contribution in [0, 0.1) is 0 Å². The van der Waals surface area contributed by atoms with Crippen LogP contribution >= 0.6 is 0 Å². The number of carbonyl (C=O) groups is 1. The van der Waals surface area contributed by atoms with Crippen LogP contribution in [0.25, 0.3) is 0 Å². The molecule has 0 heterocycles. The first-order valence-electron chi connectivity index (χ1n) is 10.2. The number of unbranched alkanes of at least 4 members (excludes halogenated alkanes) is 13. The van der Waals surface area contributed by atoms with Crippen LogP contribution in [0.4, 0.5) is 0 Å². The number of rotatable bonds is 16. The van der Waals surface area contributed by atoms with Gasteiger partial charge in [0.1, 0.15) is 6.79 Å². The second kappa shape index (κ2) is 19.7. The summed E-state index contributed by atoms with van der Waals surface area (Å²) < 4.78 is 1.19. The normalized spacial score (nSPS) is 11.1. The molecule has 0 radical (unpaired) electrons. The first kappa shape index (κ1) is 24.9. The van der Waals surface area contributed by atoms with E-state index in [1.165, 1.54) is 107 Å². The second-order valence-electron chi connectivity index (χ2n) is 7.57. The molecule has 0 unspecified atom stereocenters. The molecule has 0 fully saturated rings. The quantitative estimate of drug-likeness (QED) is 0.237. The Hall–Kier alpha value is -0.370. The summed E-state index contributed by atoms with van der Waals surface area (Å²) >= 11 is 0. The Kier molecular flexibility index (Phi) is 21.3. The van der Waals surface area contributed by atoms with Gasteiger partial charge in [-0.15, -0.1) is 0 Å². The van der Waals surface area contributed by atoms with Crippen molar-refractivity contribution >= 4 is 6.79 Å². The molecule has 0 aromatic heterocycles. The van der Waals surface area contributed by atoms with E-state index in [4.69, 9.17) is 4.79 Å². The molecule has 0 aliphatic rings. The number of carbonyl (C=O) groups excluding carboxylic acids is 1. The van der Waals surface area contributed by atoms with E-state index in [0.29, 0.717) is 0 Å². The van der Waals surface area contributed by atoms with Crippen LogP contribution in [0.1, 0.15) is 104 Å². The Labute approximate surface area is 147 Å². The maximum atomic E-state index is 8.00. The van der Waals surface area contributed by atoms with Gasteiger partial charge in [-0.3, -0.25) is 0 Å². The van der Waals surface area contributed by atoms with Crippen LogP contribution in [0.5, 0.6) is 0 Å². The zero-order valence-corrected chi connectivity index (χ0v) is 16.9. The van der Waals surface area contributed by atoms with Crippen LogP contribution in [-0.4, -0.2) is 38.5 Å². The maximum absolute atomic E-state index is 8.00. The summed E-state index contributed by atoms with van der Waals surface area (Å²) in [5, 5.41) is 0. The van der Waals surface area contributed by atoms with Gasteiger partial charge in [-0.2, -0.15) is 0 Å². The Morgan fingerprint density at radius 2 is 0.870 bits per heavy atom. The fourth-order valence-corrected chi connectivity index (χ4v) is 2.89. The van der Waals surface area contributed by atoms with E-state index >= 15 is 0 Å². The van der Waals surface area contributed by atoms with Gasteiger partial charge in [-0.1, -0.05) is 84.0 Å². The van der Waals surface area contributed by atoms with Crippen LogP contribution in [-0.2, 0) is 4.79 Å². The van der Waals surface area contributed by atoms with Gasteiger partial charge in [0.15, 0.2) is 0 Å². The summed E-state index contributed by atoms with van der Waals surface area (Å²) in [4.78, 5) is 8.00. The molecule has 0 atom stereocenters. The summed E-state index contributed by atoms with van der Waals surface area (Å²) in [6.45, 7) is 9.21. The van der Waals surface area contributed by atoms with E-state index in [-0.39, 0.29) is 0 Å². The zero-order valence-electron chi connectivity index (χ0n) is 16.9. The highest BCUT2D eigenvalue weighted by Crippen LogP contribution is 2.13. The molecular formula is C21H46NO+. The lowest BCUT2D eigenvalue weighted by molar-refractivity contribution is -0.888. The molecule has 0 N–H and O–H groups in total. The summed E-state index contributed by atoms with van der Waals surface area (Å²) in [6, 6.07) is 0. The van der Waals surface area contributed by atoms with Gasteiger partial charge in [0.2, 0.25) is 0 Å². The molecular weight excluding hydrogens is 282 g/mol. The van der Waals surface area contributed by atoms with E-state index in [0.717, 1.165) is 0 Å². The maximum Gasteiger partial charge on any atom is 0.106 e. The molecule has 2 heteroatoms. The molecule has 0 aliphatic heterocycles. The van der Waals surface area contributed by atoms with Crippen molar-refractivity contribution in [1.82, 2.24) is 0 Å². The van der Waals surface area contributed by atoms with Crippen LogP contribution in [0.15, 0.2) is 0 Å². The summed E-state index contributed by atoms with van der Waals surface area (Å²) in [7, 11) is 4.70. The Bertz CT molecular complexity index is 216. The molecule has 2 nitrogen and oxygen atoms in total. The van der Waals surface area contributed by atoms with Gasteiger partial charge in [0, 0.05) is 0 Å². The Morgan fingerprint density at radius 1 is 0.565 bits per heavy atom. The first-order chi connectivity index (χ1) is 11.1. The number of hydrogen-bond acceptors (Lipinski definition) is 1. The van der Waals surface area contributed by atoms with Gasteiger partial charge in [0.25, 0.3) is 0 Å². The Morgan fingerprint density at radius 3 is 1.17 bits per heavy atom. The van der Waals surface area contributed by atoms with Crippen molar-refractivity contribution in [3.05, 3.63) is 0 Å². The lowest BCUT2D eigenvalue weighted by Gasteiger charge is -2.28. The SMILES string of the molecule is C=O.CCCCCCCCCCCCCCCC[N+](C)(C)CC. The molecule has 0 aliphatic carbocycles. The molecule has 0 aromatic carbocycles. The van der Waals surface area contributed by atoms with Gasteiger partial charge in [-0.05, 0) is 19.8 Å². The molecule has 0 saturated heterocycles. The van der Waals surface area contributed by atoms with Gasteiger partial charge >= 0.3 is 0 Å². The topological polar surface area (TPSA) is 17.1 Å². The summed E-state index contributed by atoms with van der Waals surface area (Å²) in [5.74, 6) is 0. The second-order valence-corrected chi connectivity index (χ2v) is 7.57. The van der Waals surface area contributed by atoms with Gasteiger partial charge in [0.05, 0.1) is 27.2 Å². The average molecular weight is 329 g/mol. The van der Waals surface area contributed by atoms with E-state index in [9.17, 15) is 0 Å². The van der Waals surface area contributed by atoms with Crippen molar-refractivity contribution < 1.29 is 9.28 Å². The number of quaternary nitrogens is 1. The summed E-state index contributed by atoms with van der Waals surface area (Å²) in [5.41, 5.74) is 0. The minimum absolute atomic E-state index is 1.19. The van der Waals surface area contributed by atoms with Crippen LogP contribution < -0.4 is 0 Å². The van der Waals surface area contributed by atoms with Crippen molar-refractivity contribution in [2.75, 3.05) is 27.2 Å². The van der Waals surface area contributed by atoms with Crippen molar-refractivity contribution in [3.8, 4) is 0 Å². The molecule has 0 amide bonds. The van der Waals surface area contributed by atoms with Gasteiger partial charge in [-0.25, -0.2) is 0 Å². The number of nitrogens with zero attached hydrogens (tertiary/aromatic N) is 1. The molecule has 23 heavy (non-hydrogen) atoms. The molecule has 0 saturated carbocycles. The third-order valence-corrected chi connectivity index (χ3v) is 4.97. The monoisotopic (exact) mass is 328 g/mol. The minimum atomic E-state index is 1.19. The first-order valence-corrected chi connectivity index (χ1v) is 10.2. The predicted molar refractivity (Wildman–Crippen MR) is 105 cm³/mol. The predicted octanol–water partition coefficient (Wildman–Crippen LogP) is 6.38. The third kappa shape index (κ3) is 21.6. The minimum Gasteiger partial charge on any atom is -0.329 e. The third-order valence-electron chi connectivity index (χ3n) is 4.97. The fourth-order valence-electron chi connectivity index (χ4n) is 2.89. The molecule has 0 bridgehead atoms. The number of hydrogen-bond donors (Lipinski definition) is 0. The van der Waals surface area contributed by atoms with Crippen molar-refractivity contribution in [2.24, 2.45) is 0 Å². The highest BCUT2D eigenvalue weighted by molar-refractivity contribution is 5.10. The lowest BCUT2D eigenvalue weighted by atomic mass is 10.0. The molecule has 0 aromatic rings. The van der Waals surface area contributed by atoms with Crippen molar-refractivity contribution in [3.63, 3.8) is 0 Å². The Balaban J connectivity index is 0. The smallest absolute Gasteiger partial charge is 0.106 e. The molecule has 140 valence electrons. The lowest BCUT2D eigenvalue weighted by Crippen LogP contribution is -2.39.